The number of pyridine rings is 1. The Kier molecular flexibility index (Phi) is 6.37. The Morgan fingerprint density at radius 3 is 2.44 bits per heavy atom. The van der Waals surface area contributed by atoms with Gasteiger partial charge in [0.05, 0.1) is 29.2 Å². The van der Waals surface area contributed by atoms with Crippen LogP contribution < -0.4 is 15.2 Å². The van der Waals surface area contributed by atoms with E-state index < -0.39 is 0 Å². The minimum absolute atomic E-state index is 0.239. The molecule has 162 valence electrons. The summed E-state index contributed by atoms with van der Waals surface area (Å²) in [7, 11) is 3.94. The third kappa shape index (κ3) is 4.29. The fraction of sp³-hybridized carbons (Fsp3) is 0.160. The Labute approximate surface area is 195 Å². The second kappa shape index (κ2) is 9.36. The Morgan fingerprint density at radius 2 is 1.75 bits per heavy atom. The van der Waals surface area contributed by atoms with Crippen LogP contribution in [0, 0.1) is 0 Å². The average Bonchev–Trinajstić information content (AvgIpc) is 2.80. The summed E-state index contributed by atoms with van der Waals surface area (Å²) in [5.74, 6) is 0.782. The molecule has 7 heteroatoms. The molecule has 0 aliphatic heterocycles. The van der Waals surface area contributed by atoms with E-state index in [1.807, 2.05) is 86.6 Å². The number of ether oxygens (including phenoxy) is 1. The Morgan fingerprint density at radius 1 is 0.969 bits per heavy atom. The molecular weight excluding hydrogens is 468 g/mol. The van der Waals surface area contributed by atoms with Crippen molar-refractivity contribution in [3.05, 3.63) is 87.8 Å². The van der Waals surface area contributed by atoms with Crippen molar-refractivity contribution in [1.82, 2.24) is 14.8 Å². The maximum Gasteiger partial charge on any atom is 0.281 e. The molecule has 4 rings (SSSR count). The number of anilines is 1. The molecular formula is C25H23BrN4O2. The minimum atomic E-state index is -0.239. The highest BCUT2D eigenvalue weighted by molar-refractivity contribution is 9.10. The van der Waals surface area contributed by atoms with Gasteiger partial charge in [-0.1, -0.05) is 18.2 Å². The molecule has 4 aromatic rings. The van der Waals surface area contributed by atoms with Crippen molar-refractivity contribution in [3.63, 3.8) is 0 Å². The zero-order chi connectivity index (χ0) is 22.7. The maximum atomic E-state index is 13.5. The predicted octanol–water partition coefficient (Wildman–Crippen LogP) is 5.19. The number of aromatic nitrogens is 3. The van der Waals surface area contributed by atoms with Crippen molar-refractivity contribution >= 4 is 21.6 Å². The van der Waals surface area contributed by atoms with Crippen molar-refractivity contribution in [1.29, 1.82) is 0 Å². The van der Waals surface area contributed by atoms with Crippen molar-refractivity contribution < 1.29 is 4.74 Å². The summed E-state index contributed by atoms with van der Waals surface area (Å²) in [6.07, 6.45) is 1.68. The quantitative estimate of drug-likeness (QED) is 0.372. The molecule has 0 aliphatic rings. The molecule has 32 heavy (non-hydrogen) atoms. The topological polar surface area (TPSA) is 60.2 Å². The minimum Gasteiger partial charge on any atom is -0.494 e. The molecule has 2 heterocycles. The van der Waals surface area contributed by atoms with Gasteiger partial charge in [0, 0.05) is 42.1 Å². The fourth-order valence-corrected chi connectivity index (χ4v) is 3.93. The molecule has 0 amide bonds. The molecule has 0 atom stereocenters. The van der Waals surface area contributed by atoms with Crippen LogP contribution >= 0.6 is 15.9 Å². The van der Waals surface area contributed by atoms with Gasteiger partial charge in [-0.05, 0) is 65.3 Å². The van der Waals surface area contributed by atoms with E-state index >= 15 is 0 Å². The second-order valence-corrected chi connectivity index (χ2v) is 8.19. The normalized spacial score (nSPS) is 10.8. The summed E-state index contributed by atoms with van der Waals surface area (Å²) in [5.41, 5.74) is 3.98. The first-order valence-electron chi connectivity index (χ1n) is 10.2. The lowest BCUT2D eigenvalue weighted by atomic mass is 10.1. The van der Waals surface area contributed by atoms with Crippen LogP contribution in [0.4, 0.5) is 5.69 Å². The second-order valence-electron chi connectivity index (χ2n) is 7.33. The number of hydrogen-bond acceptors (Lipinski definition) is 5. The van der Waals surface area contributed by atoms with Crippen LogP contribution in [0.1, 0.15) is 6.92 Å². The van der Waals surface area contributed by atoms with E-state index in [0.717, 1.165) is 21.5 Å². The summed E-state index contributed by atoms with van der Waals surface area (Å²) in [6, 6.07) is 20.7. The predicted molar refractivity (Wildman–Crippen MR) is 132 cm³/mol. The summed E-state index contributed by atoms with van der Waals surface area (Å²) in [5, 5.41) is 4.76. The van der Waals surface area contributed by atoms with E-state index in [-0.39, 0.29) is 5.56 Å². The third-order valence-electron chi connectivity index (χ3n) is 4.97. The van der Waals surface area contributed by atoms with Gasteiger partial charge in [-0.2, -0.15) is 9.78 Å². The van der Waals surface area contributed by atoms with Crippen molar-refractivity contribution in [2.75, 3.05) is 25.6 Å². The molecule has 2 aromatic heterocycles. The van der Waals surface area contributed by atoms with E-state index in [2.05, 4.69) is 20.9 Å². The zero-order valence-electron chi connectivity index (χ0n) is 18.1. The summed E-state index contributed by atoms with van der Waals surface area (Å²) < 4.78 is 7.90. The van der Waals surface area contributed by atoms with E-state index in [4.69, 9.17) is 9.84 Å². The van der Waals surface area contributed by atoms with Crippen molar-refractivity contribution in [2.24, 2.45) is 0 Å². The van der Waals surface area contributed by atoms with E-state index in [1.54, 1.807) is 12.3 Å². The highest BCUT2D eigenvalue weighted by atomic mass is 79.9. The zero-order valence-corrected chi connectivity index (χ0v) is 19.7. The van der Waals surface area contributed by atoms with Gasteiger partial charge >= 0.3 is 0 Å². The summed E-state index contributed by atoms with van der Waals surface area (Å²) in [6.45, 7) is 2.54. The van der Waals surface area contributed by atoms with Crippen LogP contribution in [0.25, 0.3) is 28.2 Å². The first-order valence-corrected chi connectivity index (χ1v) is 11.0. The first-order chi connectivity index (χ1) is 15.5. The highest BCUT2D eigenvalue weighted by Crippen LogP contribution is 2.33. The average molecular weight is 491 g/mol. The number of para-hydroxylation sites is 1. The number of rotatable bonds is 6. The Balaban J connectivity index is 2.01. The molecule has 0 saturated carbocycles. The van der Waals surface area contributed by atoms with E-state index in [0.29, 0.717) is 29.2 Å². The van der Waals surface area contributed by atoms with E-state index in [9.17, 15) is 4.79 Å². The van der Waals surface area contributed by atoms with Crippen LogP contribution in [0.15, 0.2) is 82.2 Å². The lowest BCUT2D eigenvalue weighted by Gasteiger charge is -2.20. The molecule has 6 nitrogen and oxygen atoms in total. The van der Waals surface area contributed by atoms with Gasteiger partial charge in [-0.3, -0.25) is 9.78 Å². The molecule has 0 aliphatic carbocycles. The number of nitrogens with zero attached hydrogens (tertiary/aromatic N) is 4. The number of halogens is 1. The lowest BCUT2D eigenvalue weighted by Crippen LogP contribution is -2.24. The van der Waals surface area contributed by atoms with Crippen LogP contribution in [-0.2, 0) is 0 Å². The van der Waals surface area contributed by atoms with Crippen LogP contribution in [0.3, 0.4) is 0 Å². The van der Waals surface area contributed by atoms with Crippen LogP contribution in [-0.4, -0.2) is 35.5 Å². The molecule has 0 fully saturated rings. The maximum absolute atomic E-state index is 13.5. The lowest BCUT2D eigenvalue weighted by molar-refractivity contribution is 0.340. The van der Waals surface area contributed by atoms with Gasteiger partial charge in [-0.25, -0.2) is 0 Å². The Bertz CT molecular complexity index is 1300. The first kappa shape index (κ1) is 21.8. The van der Waals surface area contributed by atoms with Crippen molar-refractivity contribution in [3.8, 4) is 34.0 Å². The van der Waals surface area contributed by atoms with Gasteiger partial charge in [0.1, 0.15) is 5.75 Å². The molecule has 2 aromatic carbocycles. The highest BCUT2D eigenvalue weighted by Gasteiger charge is 2.18. The molecule has 0 saturated heterocycles. The summed E-state index contributed by atoms with van der Waals surface area (Å²) >= 11 is 3.55. The Hall–Kier alpha value is -3.45. The summed E-state index contributed by atoms with van der Waals surface area (Å²) in [4.78, 5) is 19.9. The molecule has 0 spiro atoms. The largest absolute Gasteiger partial charge is 0.494 e. The fourth-order valence-electron chi connectivity index (χ4n) is 3.47. The molecule has 0 radical (unpaired) electrons. The number of hydrogen-bond donors (Lipinski definition) is 0. The van der Waals surface area contributed by atoms with E-state index in [1.165, 1.54) is 4.68 Å². The third-order valence-corrected chi connectivity index (χ3v) is 5.64. The van der Waals surface area contributed by atoms with Gasteiger partial charge in [-0.15, -0.1) is 0 Å². The van der Waals surface area contributed by atoms with Crippen molar-refractivity contribution in [2.45, 2.75) is 6.92 Å². The monoisotopic (exact) mass is 490 g/mol. The standard InChI is InChI=1S/C25H23BrN4O2/c1-4-32-17-12-13-18(24(15-17)29(2)3)22-16-19(21-10-7-8-14-27-21)25(31)30(28-22)23-11-6-5-9-20(23)26/h5-16H,4H2,1-3H3. The van der Waals surface area contributed by atoms with Crippen LogP contribution in [0.2, 0.25) is 0 Å². The molecule has 0 bridgehead atoms. The molecule has 0 N–H and O–H groups in total. The van der Waals surface area contributed by atoms with Crippen LogP contribution in [0.5, 0.6) is 5.75 Å². The van der Waals surface area contributed by atoms with Gasteiger partial charge in [0.15, 0.2) is 0 Å². The van der Waals surface area contributed by atoms with Gasteiger partial charge in [0.2, 0.25) is 0 Å². The smallest absolute Gasteiger partial charge is 0.281 e. The molecule has 0 unspecified atom stereocenters. The number of benzene rings is 2. The van der Waals surface area contributed by atoms with Gasteiger partial charge < -0.3 is 9.64 Å². The van der Waals surface area contributed by atoms with Gasteiger partial charge in [0.25, 0.3) is 5.56 Å². The SMILES string of the molecule is CCOc1ccc(-c2cc(-c3ccccn3)c(=O)n(-c3ccccc3Br)n2)c(N(C)C)c1.